The zero-order valence-electron chi connectivity index (χ0n) is 10.2. The second kappa shape index (κ2) is 5.78. The molecule has 96 valence electrons. The normalized spacial score (nSPS) is 9.74. The zero-order valence-corrected chi connectivity index (χ0v) is 10.2. The monoisotopic (exact) mass is 258 g/mol. The summed E-state index contributed by atoms with van der Waals surface area (Å²) >= 11 is 0. The first kappa shape index (κ1) is 12.8. The third-order valence-corrected chi connectivity index (χ3v) is 2.25. The summed E-state index contributed by atoms with van der Waals surface area (Å²) in [6, 6.07) is 5.74. The zero-order chi connectivity index (χ0) is 13.7. The summed E-state index contributed by atoms with van der Waals surface area (Å²) in [5.41, 5.74) is -0.0279. The molecule has 19 heavy (non-hydrogen) atoms. The maximum atomic E-state index is 13.4. The molecule has 0 saturated heterocycles. The Kier molecular flexibility index (Phi) is 3.88. The van der Waals surface area contributed by atoms with Gasteiger partial charge in [0, 0.05) is 12.6 Å². The second-order valence-corrected chi connectivity index (χ2v) is 3.63. The number of hydrogen-bond donors (Lipinski definition) is 1. The van der Waals surface area contributed by atoms with Crippen LogP contribution in [0.2, 0.25) is 0 Å². The molecule has 2 aromatic rings. The predicted molar refractivity (Wildman–Crippen MR) is 67.4 cm³/mol. The van der Waals surface area contributed by atoms with Crippen molar-refractivity contribution in [2.24, 2.45) is 0 Å². The lowest BCUT2D eigenvalue weighted by Crippen LogP contribution is -2.00. The lowest BCUT2D eigenvalue weighted by Gasteiger charge is -2.07. The minimum atomic E-state index is -0.629. The van der Waals surface area contributed by atoms with Crippen LogP contribution in [0.4, 0.5) is 10.2 Å². The molecule has 1 aromatic carbocycles. The Balaban J connectivity index is 2.19. The van der Waals surface area contributed by atoms with Crippen LogP contribution in [0.15, 0.2) is 30.6 Å². The van der Waals surface area contributed by atoms with Crippen LogP contribution in [0.1, 0.15) is 12.5 Å². The van der Waals surface area contributed by atoms with Gasteiger partial charge >= 0.3 is 0 Å². The van der Waals surface area contributed by atoms with E-state index in [-0.39, 0.29) is 17.2 Å². The van der Waals surface area contributed by atoms with Crippen LogP contribution in [-0.4, -0.2) is 16.5 Å². The third-order valence-electron chi connectivity index (χ3n) is 2.25. The van der Waals surface area contributed by atoms with Crippen LogP contribution in [0.5, 0.6) is 11.6 Å². The Morgan fingerprint density at radius 1 is 1.42 bits per heavy atom. The first-order chi connectivity index (χ1) is 9.22. The Bertz CT molecular complexity index is 624. The Morgan fingerprint density at radius 2 is 2.26 bits per heavy atom. The van der Waals surface area contributed by atoms with Gasteiger partial charge in [-0.15, -0.1) is 0 Å². The van der Waals surface area contributed by atoms with E-state index >= 15 is 0 Å². The SMILES string of the molecule is CCNc1cncc(Oc2ccc(C#N)c(F)c2)n1. The van der Waals surface area contributed by atoms with Gasteiger partial charge in [0.1, 0.15) is 23.5 Å². The Hall–Kier alpha value is -2.68. The summed E-state index contributed by atoms with van der Waals surface area (Å²) < 4.78 is 18.8. The first-order valence-electron chi connectivity index (χ1n) is 5.66. The molecule has 1 aromatic heterocycles. The van der Waals surface area contributed by atoms with E-state index in [0.29, 0.717) is 12.4 Å². The number of nitrogens with one attached hydrogen (secondary N) is 1. The molecule has 0 fully saturated rings. The molecule has 1 N–H and O–H groups in total. The number of rotatable bonds is 4. The fourth-order valence-electron chi connectivity index (χ4n) is 1.43. The number of aromatic nitrogens is 2. The molecule has 0 atom stereocenters. The highest BCUT2D eigenvalue weighted by atomic mass is 19.1. The quantitative estimate of drug-likeness (QED) is 0.912. The molecule has 1 heterocycles. The topological polar surface area (TPSA) is 70.8 Å². The number of ether oxygens (including phenoxy) is 1. The van der Waals surface area contributed by atoms with Crippen molar-refractivity contribution < 1.29 is 9.13 Å². The van der Waals surface area contributed by atoms with E-state index in [4.69, 9.17) is 10.00 Å². The summed E-state index contributed by atoms with van der Waals surface area (Å²) in [4.78, 5) is 8.11. The molecule has 0 spiro atoms. The molecule has 0 aliphatic rings. The summed E-state index contributed by atoms with van der Waals surface area (Å²) in [6.07, 6.45) is 2.99. The minimum absolute atomic E-state index is 0.0279. The van der Waals surface area contributed by atoms with E-state index < -0.39 is 5.82 Å². The number of nitrogens with zero attached hydrogens (tertiary/aromatic N) is 3. The second-order valence-electron chi connectivity index (χ2n) is 3.63. The van der Waals surface area contributed by atoms with E-state index in [1.807, 2.05) is 6.92 Å². The summed E-state index contributed by atoms with van der Waals surface area (Å²) in [7, 11) is 0. The number of hydrogen-bond acceptors (Lipinski definition) is 5. The number of halogens is 1. The van der Waals surface area contributed by atoms with Crippen molar-refractivity contribution in [3.63, 3.8) is 0 Å². The Morgan fingerprint density at radius 3 is 2.95 bits per heavy atom. The summed E-state index contributed by atoms with van der Waals surface area (Å²) in [6.45, 7) is 2.65. The van der Waals surface area contributed by atoms with Gasteiger partial charge in [0.25, 0.3) is 0 Å². The Labute approximate surface area is 109 Å². The lowest BCUT2D eigenvalue weighted by atomic mass is 10.2. The molecule has 0 radical (unpaired) electrons. The molecule has 6 heteroatoms. The largest absolute Gasteiger partial charge is 0.437 e. The van der Waals surface area contributed by atoms with Crippen molar-refractivity contribution in [1.29, 1.82) is 5.26 Å². The third kappa shape index (κ3) is 3.16. The molecular weight excluding hydrogens is 247 g/mol. The number of nitriles is 1. The fourth-order valence-corrected chi connectivity index (χ4v) is 1.43. The molecular formula is C13H11FN4O. The standard InChI is InChI=1S/C13H11FN4O/c1-2-17-12-7-16-8-13(18-12)19-10-4-3-9(6-15)11(14)5-10/h3-5,7-8H,2H2,1H3,(H,17,18). The highest BCUT2D eigenvalue weighted by Gasteiger charge is 2.06. The van der Waals surface area contributed by atoms with Gasteiger partial charge in [-0.1, -0.05) is 0 Å². The van der Waals surface area contributed by atoms with Gasteiger partial charge in [-0.3, -0.25) is 4.98 Å². The predicted octanol–water partition coefficient (Wildman–Crippen LogP) is 2.71. The molecule has 0 amide bonds. The van der Waals surface area contributed by atoms with E-state index in [0.717, 1.165) is 6.07 Å². The van der Waals surface area contributed by atoms with E-state index in [9.17, 15) is 4.39 Å². The van der Waals surface area contributed by atoms with Crippen LogP contribution in [0.25, 0.3) is 0 Å². The fraction of sp³-hybridized carbons (Fsp3) is 0.154. The van der Waals surface area contributed by atoms with Gasteiger partial charge < -0.3 is 10.1 Å². The maximum absolute atomic E-state index is 13.4. The average molecular weight is 258 g/mol. The summed E-state index contributed by atoms with van der Waals surface area (Å²) in [5.74, 6) is 0.465. The van der Waals surface area contributed by atoms with Gasteiger partial charge in [0.2, 0.25) is 5.88 Å². The lowest BCUT2D eigenvalue weighted by molar-refractivity contribution is 0.456. The maximum Gasteiger partial charge on any atom is 0.239 e. The van der Waals surface area contributed by atoms with E-state index in [1.165, 1.54) is 18.3 Å². The van der Waals surface area contributed by atoms with Gasteiger partial charge in [0.05, 0.1) is 18.0 Å². The smallest absolute Gasteiger partial charge is 0.239 e. The van der Waals surface area contributed by atoms with Crippen molar-refractivity contribution in [2.75, 3.05) is 11.9 Å². The van der Waals surface area contributed by atoms with Crippen molar-refractivity contribution in [3.05, 3.63) is 42.0 Å². The molecule has 2 rings (SSSR count). The van der Waals surface area contributed by atoms with Crippen LogP contribution >= 0.6 is 0 Å². The molecule has 0 aliphatic carbocycles. The van der Waals surface area contributed by atoms with Gasteiger partial charge in [0.15, 0.2) is 0 Å². The van der Waals surface area contributed by atoms with E-state index in [1.54, 1.807) is 12.3 Å². The van der Waals surface area contributed by atoms with Crippen LogP contribution in [-0.2, 0) is 0 Å². The van der Waals surface area contributed by atoms with Gasteiger partial charge in [-0.05, 0) is 19.1 Å². The first-order valence-corrected chi connectivity index (χ1v) is 5.66. The molecule has 5 nitrogen and oxygen atoms in total. The average Bonchev–Trinajstić information content (AvgIpc) is 2.40. The molecule has 0 aliphatic heterocycles. The van der Waals surface area contributed by atoms with Crippen molar-refractivity contribution >= 4 is 5.82 Å². The van der Waals surface area contributed by atoms with Gasteiger partial charge in [-0.2, -0.15) is 10.2 Å². The molecule has 0 saturated carbocycles. The van der Waals surface area contributed by atoms with Crippen LogP contribution in [0, 0.1) is 17.1 Å². The van der Waals surface area contributed by atoms with Crippen molar-refractivity contribution in [2.45, 2.75) is 6.92 Å². The van der Waals surface area contributed by atoms with E-state index in [2.05, 4.69) is 15.3 Å². The summed E-state index contributed by atoms with van der Waals surface area (Å²) in [5, 5.41) is 11.6. The highest BCUT2D eigenvalue weighted by molar-refractivity contribution is 5.38. The highest BCUT2D eigenvalue weighted by Crippen LogP contribution is 2.22. The minimum Gasteiger partial charge on any atom is -0.437 e. The van der Waals surface area contributed by atoms with Crippen molar-refractivity contribution in [3.8, 4) is 17.7 Å². The number of anilines is 1. The molecule has 0 unspecified atom stereocenters. The van der Waals surface area contributed by atoms with Crippen LogP contribution in [0.3, 0.4) is 0 Å². The number of benzene rings is 1. The van der Waals surface area contributed by atoms with Crippen molar-refractivity contribution in [1.82, 2.24) is 9.97 Å². The van der Waals surface area contributed by atoms with Crippen LogP contribution < -0.4 is 10.1 Å². The molecule has 0 bridgehead atoms. The van der Waals surface area contributed by atoms with Gasteiger partial charge in [-0.25, -0.2) is 4.39 Å².